The predicted molar refractivity (Wildman–Crippen MR) is 58.7 cm³/mol. The van der Waals surface area contributed by atoms with Crippen LogP contribution < -0.4 is 0 Å². The highest BCUT2D eigenvalue weighted by atomic mass is 32.2. The highest BCUT2D eigenvalue weighted by Gasteiger charge is 2.11. The van der Waals surface area contributed by atoms with Crippen molar-refractivity contribution in [3.05, 3.63) is 23.8 Å². The molecule has 0 saturated heterocycles. The van der Waals surface area contributed by atoms with E-state index in [0.717, 1.165) is 11.7 Å². The molecule has 1 aliphatic rings. The minimum absolute atomic E-state index is 0.753. The maximum Gasteiger partial charge on any atom is 0.0291 e. The lowest BCUT2D eigenvalue weighted by Gasteiger charge is -2.13. The summed E-state index contributed by atoms with van der Waals surface area (Å²) < 4.78 is 0. The molecule has 0 radical (unpaired) electrons. The lowest BCUT2D eigenvalue weighted by Crippen LogP contribution is -2.03. The zero-order valence-corrected chi connectivity index (χ0v) is 8.86. The van der Waals surface area contributed by atoms with E-state index in [2.05, 4.69) is 43.8 Å². The first-order valence-corrected chi connectivity index (χ1v) is 5.91. The molecule has 1 rings (SSSR count). The Bertz CT molecular complexity index is 179. The monoisotopic (exact) mass is 182 g/mol. The summed E-state index contributed by atoms with van der Waals surface area (Å²) in [4.78, 5) is 0. The van der Waals surface area contributed by atoms with E-state index in [0.29, 0.717) is 0 Å². The van der Waals surface area contributed by atoms with Gasteiger partial charge in [0.1, 0.15) is 0 Å². The maximum absolute atomic E-state index is 2.36. The summed E-state index contributed by atoms with van der Waals surface area (Å²) in [6.45, 7) is 4.53. The molecule has 0 N–H and O–H groups in total. The first-order chi connectivity index (χ1) is 5.88. The number of hydrogen-bond acceptors (Lipinski definition) is 1. The van der Waals surface area contributed by atoms with Gasteiger partial charge >= 0.3 is 0 Å². The first kappa shape index (κ1) is 9.91. The van der Waals surface area contributed by atoms with Gasteiger partial charge in [-0.25, -0.2) is 0 Å². The molecule has 1 aliphatic carbocycles. The van der Waals surface area contributed by atoms with Gasteiger partial charge in [-0.3, -0.25) is 0 Å². The van der Waals surface area contributed by atoms with Crippen LogP contribution in [-0.2, 0) is 0 Å². The van der Waals surface area contributed by atoms with Crippen LogP contribution in [0.5, 0.6) is 0 Å². The van der Waals surface area contributed by atoms with E-state index in [4.69, 9.17) is 0 Å². The summed E-state index contributed by atoms with van der Waals surface area (Å²) in [7, 11) is 0. The Hall–Kier alpha value is -0.170. The minimum atomic E-state index is 0.753. The molecule has 1 heteroatoms. The second-order valence-corrected chi connectivity index (χ2v) is 4.42. The standard InChI is InChI=1S/C11H18S/c1-3-9-12-11(4-2)10-7-5-6-8-10/h5,7-8,11H,3-4,6,9H2,1-2H3. The number of thioether (sulfide) groups is 1. The fraction of sp³-hybridized carbons (Fsp3) is 0.636. The van der Waals surface area contributed by atoms with Crippen LogP contribution in [0.2, 0.25) is 0 Å². The van der Waals surface area contributed by atoms with Crippen molar-refractivity contribution in [2.45, 2.75) is 38.4 Å². The summed E-state index contributed by atoms with van der Waals surface area (Å²) in [5, 5.41) is 0.753. The Morgan fingerprint density at radius 3 is 2.83 bits per heavy atom. The number of allylic oxidation sites excluding steroid dienone is 3. The molecular weight excluding hydrogens is 164 g/mol. The summed E-state index contributed by atoms with van der Waals surface area (Å²) in [6.07, 6.45) is 10.6. The van der Waals surface area contributed by atoms with E-state index in [9.17, 15) is 0 Å². The maximum atomic E-state index is 2.36. The molecule has 0 nitrogen and oxygen atoms in total. The van der Waals surface area contributed by atoms with Crippen LogP contribution in [-0.4, -0.2) is 11.0 Å². The molecule has 0 heterocycles. The van der Waals surface area contributed by atoms with Gasteiger partial charge in [0.15, 0.2) is 0 Å². The second-order valence-electron chi connectivity index (χ2n) is 3.11. The van der Waals surface area contributed by atoms with Crippen molar-refractivity contribution in [3.63, 3.8) is 0 Å². The second kappa shape index (κ2) is 5.47. The number of hydrogen-bond donors (Lipinski definition) is 0. The van der Waals surface area contributed by atoms with Crippen LogP contribution >= 0.6 is 11.8 Å². The van der Waals surface area contributed by atoms with Crippen molar-refractivity contribution in [3.8, 4) is 0 Å². The van der Waals surface area contributed by atoms with Crippen LogP contribution in [0.4, 0.5) is 0 Å². The zero-order chi connectivity index (χ0) is 8.81. The third kappa shape index (κ3) is 2.71. The van der Waals surface area contributed by atoms with Gasteiger partial charge in [0.2, 0.25) is 0 Å². The van der Waals surface area contributed by atoms with Gasteiger partial charge in [-0.1, -0.05) is 32.1 Å². The van der Waals surface area contributed by atoms with Crippen molar-refractivity contribution in [1.82, 2.24) is 0 Å². The van der Waals surface area contributed by atoms with E-state index in [1.54, 1.807) is 5.57 Å². The zero-order valence-electron chi connectivity index (χ0n) is 8.05. The molecule has 0 aliphatic heterocycles. The quantitative estimate of drug-likeness (QED) is 0.623. The lowest BCUT2D eigenvalue weighted by molar-refractivity contribution is 0.941. The summed E-state index contributed by atoms with van der Waals surface area (Å²) >= 11 is 2.10. The number of rotatable bonds is 5. The van der Waals surface area contributed by atoms with Gasteiger partial charge < -0.3 is 0 Å². The van der Waals surface area contributed by atoms with Crippen molar-refractivity contribution in [2.75, 3.05) is 5.75 Å². The van der Waals surface area contributed by atoms with Crippen molar-refractivity contribution in [1.29, 1.82) is 0 Å². The summed E-state index contributed by atoms with van der Waals surface area (Å²) in [5.74, 6) is 1.30. The van der Waals surface area contributed by atoms with E-state index >= 15 is 0 Å². The average Bonchev–Trinajstić information content (AvgIpc) is 2.59. The van der Waals surface area contributed by atoms with Crippen LogP contribution in [0, 0.1) is 0 Å². The highest BCUT2D eigenvalue weighted by molar-refractivity contribution is 8.00. The van der Waals surface area contributed by atoms with Crippen molar-refractivity contribution < 1.29 is 0 Å². The first-order valence-electron chi connectivity index (χ1n) is 4.86. The lowest BCUT2D eigenvalue weighted by atomic mass is 10.1. The Morgan fingerprint density at radius 1 is 1.50 bits per heavy atom. The Labute approximate surface area is 80.1 Å². The molecule has 12 heavy (non-hydrogen) atoms. The molecule has 1 atom stereocenters. The van der Waals surface area contributed by atoms with Crippen molar-refractivity contribution >= 4 is 11.8 Å². The summed E-state index contributed by atoms with van der Waals surface area (Å²) in [6, 6.07) is 0. The van der Waals surface area contributed by atoms with Crippen LogP contribution in [0.15, 0.2) is 23.8 Å². The van der Waals surface area contributed by atoms with E-state index < -0.39 is 0 Å². The van der Waals surface area contributed by atoms with Crippen LogP contribution in [0.25, 0.3) is 0 Å². The topological polar surface area (TPSA) is 0 Å². The fourth-order valence-corrected chi connectivity index (χ4v) is 2.55. The Kier molecular flexibility index (Phi) is 4.52. The minimum Gasteiger partial charge on any atom is -0.154 e. The SMILES string of the molecule is CCCSC(CC)C1=CCC=C1. The Balaban J connectivity index is 2.38. The Morgan fingerprint density at radius 2 is 2.33 bits per heavy atom. The largest absolute Gasteiger partial charge is 0.154 e. The van der Waals surface area contributed by atoms with Gasteiger partial charge in [0.05, 0.1) is 0 Å². The van der Waals surface area contributed by atoms with E-state index in [-0.39, 0.29) is 0 Å². The summed E-state index contributed by atoms with van der Waals surface area (Å²) in [5.41, 5.74) is 1.55. The van der Waals surface area contributed by atoms with E-state index in [1.165, 1.54) is 18.6 Å². The molecule has 68 valence electrons. The molecule has 0 spiro atoms. The van der Waals surface area contributed by atoms with Gasteiger partial charge in [0, 0.05) is 5.25 Å². The van der Waals surface area contributed by atoms with E-state index in [1.807, 2.05) is 0 Å². The highest BCUT2D eigenvalue weighted by Crippen LogP contribution is 2.26. The third-order valence-electron chi connectivity index (χ3n) is 2.07. The molecule has 0 aromatic heterocycles. The molecule has 0 aromatic rings. The molecule has 0 bridgehead atoms. The van der Waals surface area contributed by atoms with Crippen LogP contribution in [0.3, 0.4) is 0 Å². The molecule has 0 amide bonds. The third-order valence-corrected chi connectivity index (χ3v) is 3.72. The van der Waals surface area contributed by atoms with Gasteiger partial charge in [-0.05, 0) is 30.6 Å². The molecule has 0 aromatic carbocycles. The smallest absolute Gasteiger partial charge is 0.0291 e. The molecular formula is C11H18S. The molecule has 0 fully saturated rings. The predicted octanol–water partition coefficient (Wildman–Crippen LogP) is 3.79. The normalized spacial score (nSPS) is 18.0. The van der Waals surface area contributed by atoms with Gasteiger partial charge in [-0.15, -0.1) is 0 Å². The van der Waals surface area contributed by atoms with Gasteiger partial charge in [-0.2, -0.15) is 11.8 Å². The van der Waals surface area contributed by atoms with Gasteiger partial charge in [0.25, 0.3) is 0 Å². The van der Waals surface area contributed by atoms with Crippen molar-refractivity contribution in [2.24, 2.45) is 0 Å². The molecule has 0 saturated carbocycles. The van der Waals surface area contributed by atoms with Crippen LogP contribution in [0.1, 0.15) is 33.1 Å². The fourth-order valence-electron chi connectivity index (χ4n) is 1.42. The average molecular weight is 182 g/mol. The molecule has 1 unspecified atom stereocenters.